The third-order valence-electron chi connectivity index (χ3n) is 6.38. The SMILES string of the molecule is CC1(COC(=O)c2ccc(S(=O)(=O)CCC3CCN(C(=O)OC(C(F)(F)F)C(F)(F)F)CC3)cc2)COC1. The first-order chi connectivity index (χ1) is 17.5. The summed E-state index contributed by atoms with van der Waals surface area (Å²) in [6.45, 7) is 2.70. The van der Waals surface area contributed by atoms with Crippen LogP contribution in [0.2, 0.25) is 0 Å². The molecule has 0 spiro atoms. The van der Waals surface area contributed by atoms with Crippen LogP contribution >= 0.6 is 0 Å². The number of halogens is 6. The Labute approximate surface area is 215 Å². The number of rotatable bonds is 8. The van der Waals surface area contributed by atoms with Crippen molar-refractivity contribution in [2.24, 2.45) is 11.3 Å². The minimum Gasteiger partial charge on any atom is -0.461 e. The van der Waals surface area contributed by atoms with Crippen LogP contribution in [-0.4, -0.2) is 82.5 Å². The van der Waals surface area contributed by atoms with Crippen LogP contribution in [0.4, 0.5) is 31.1 Å². The molecule has 1 aromatic carbocycles. The maximum absolute atomic E-state index is 12.7. The van der Waals surface area contributed by atoms with E-state index in [9.17, 15) is 44.3 Å². The zero-order chi connectivity index (χ0) is 28.4. The minimum atomic E-state index is -5.80. The number of hydrogen-bond donors (Lipinski definition) is 0. The van der Waals surface area contributed by atoms with Gasteiger partial charge in [0.2, 0.25) is 0 Å². The number of amides is 1. The van der Waals surface area contributed by atoms with Crippen LogP contribution < -0.4 is 0 Å². The monoisotopic (exact) mass is 575 g/mol. The number of carbonyl (C=O) groups is 2. The zero-order valence-corrected chi connectivity index (χ0v) is 21.1. The zero-order valence-electron chi connectivity index (χ0n) is 20.3. The van der Waals surface area contributed by atoms with E-state index in [2.05, 4.69) is 4.74 Å². The summed E-state index contributed by atoms with van der Waals surface area (Å²) in [5, 5.41) is 0. The van der Waals surface area contributed by atoms with Gasteiger partial charge in [-0.15, -0.1) is 0 Å². The molecule has 2 heterocycles. The molecule has 38 heavy (non-hydrogen) atoms. The van der Waals surface area contributed by atoms with Gasteiger partial charge < -0.3 is 19.1 Å². The third-order valence-corrected chi connectivity index (χ3v) is 8.15. The second-order valence-electron chi connectivity index (χ2n) is 9.79. The van der Waals surface area contributed by atoms with Gasteiger partial charge in [0.1, 0.15) is 6.61 Å². The van der Waals surface area contributed by atoms with Gasteiger partial charge in [0, 0.05) is 18.5 Å². The number of nitrogens with zero attached hydrogens (tertiary/aromatic N) is 1. The van der Waals surface area contributed by atoms with Gasteiger partial charge in [0.15, 0.2) is 9.84 Å². The highest BCUT2D eigenvalue weighted by Crippen LogP contribution is 2.36. The average molecular weight is 576 g/mol. The maximum atomic E-state index is 12.7. The molecule has 0 atom stereocenters. The lowest BCUT2D eigenvalue weighted by molar-refractivity contribution is -0.308. The lowest BCUT2D eigenvalue weighted by atomic mass is 9.90. The molecule has 2 saturated heterocycles. The highest BCUT2D eigenvalue weighted by atomic mass is 32.2. The molecule has 0 aromatic heterocycles. The number of alkyl halides is 6. The molecule has 0 bridgehead atoms. The van der Waals surface area contributed by atoms with Crippen molar-refractivity contribution in [2.45, 2.75) is 49.5 Å². The van der Waals surface area contributed by atoms with Gasteiger partial charge in [-0.2, -0.15) is 26.3 Å². The molecule has 0 radical (unpaired) electrons. The van der Waals surface area contributed by atoms with Crippen LogP contribution in [0.5, 0.6) is 0 Å². The van der Waals surface area contributed by atoms with Gasteiger partial charge in [-0.25, -0.2) is 18.0 Å². The quantitative estimate of drug-likeness (QED) is 0.335. The third kappa shape index (κ3) is 7.74. The molecule has 2 aliphatic rings. The van der Waals surface area contributed by atoms with Gasteiger partial charge in [-0.3, -0.25) is 0 Å². The molecule has 8 nitrogen and oxygen atoms in total. The summed E-state index contributed by atoms with van der Waals surface area (Å²) in [5.41, 5.74) is -0.0467. The van der Waals surface area contributed by atoms with E-state index in [0.717, 1.165) is 4.90 Å². The molecule has 2 fully saturated rings. The smallest absolute Gasteiger partial charge is 0.434 e. The molecular weight excluding hydrogens is 548 g/mol. The van der Waals surface area contributed by atoms with Crippen molar-refractivity contribution < 1.29 is 58.6 Å². The van der Waals surface area contributed by atoms with Crippen molar-refractivity contribution in [1.29, 1.82) is 0 Å². The Hall–Kier alpha value is -2.55. The number of sulfone groups is 1. The molecule has 0 unspecified atom stereocenters. The minimum absolute atomic E-state index is 0.0141. The first kappa shape index (κ1) is 30.0. The number of hydrogen-bond acceptors (Lipinski definition) is 7. The van der Waals surface area contributed by atoms with Crippen molar-refractivity contribution in [3.8, 4) is 0 Å². The van der Waals surface area contributed by atoms with Gasteiger partial charge >= 0.3 is 24.4 Å². The molecule has 1 aromatic rings. The number of piperidine rings is 1. The maximum Gasteiger partial charge on any atom is 0.434 e. The Morgan fingerprint density at radius 3 is 2.08 bits per heavy atom. The van der Waals surface area contributed by atoms with Crippen LogP contribution in [0.3, 0.4) is 0 Å². The predicted molar refractivity (Wildman–Crippen MR) is 119 cm³/mol. The van der Waals surface area contributed by atoms with E-state index in [-0.39, 0.29) is 66.5 Å². The highest BCUT2D eigenvalue weighted by Gasteiger charge is 2.60. The Bertz CT molecular complexity index is 1080. The van der Waals surface area contributed by atoms with Crippen molar-refractivity contribution in [3.05, 3.63) is 29.8 Å². The van der Waals surface area contributed by atoms with E-state index in [1.807, 2.05) is 6.92 Å². The summed E-state index contributed by atoms with van der Waals surface area (Å²) >= 11 is 0. The van der Waals surface area contributed by atoms with Gasteiger partial charge in [-0.1, -0.05) is 6.92 Å². The van der Waals surface area contributed by atoms with Gasteiger partial charge in [0.05, 0.1) is 29.4 Å². The normalized spacial score (nSPS) is 18.7. The molecule has 0 aliphatic carbocycles. The number of benzene rings is 1. The van der Waals surface area contributed by atoms with Crippen molar-refractivity contribution in [1.82, 2.24) is 4.90 Å². The number of ether oxygens (including phenoxy) is 3. The Kier molecular flexibility index (Phi) is 8.91. The largest absolute Gasteiger partial charge is 0.461 e. The fraction of sp³-hybridized carbons (Fsp3) is 0.652. The average Bonchev–Trinajstić information content (AvgIpc) is 2.82. The highest BCUT2D eigenvalue weighted by molar-refractivity contribution is 7.91. The van der Waals surface area contributed by atoms with E-state index < -0.39 is 40.4 Å². The summed E-state index contributed by atoms with van der Waals surface area (Å²) < 4.78 is 115. The van der Waals surface area contributed by atoms with E-state index >= 15 is 0 Å². The Morgan fingerprint density at radius 2 is 1.61 bits per heavy atom. The summed E-state index contributed by atoms with van der Waals surface area (Å²) in [7, 11) is -3.73. The topological polar surface area (TPSA) is 99.2 Å². The van der Waals surface area contributed by atoms with Crippen LogP contribution in [0, 0.1) is 11.3 Å². The summed E-state index contributed by atoms with van der Waals surface area (Å²) in [6, 6.07) is 5.26. The summed E-state index contributed by atoms with van der Waals surface area (Å²) in [5.74, 6) is -1.08. The van der Waals surface area contributed by atoms with Crippen LogP contribution in [0.25, 0.3) is 0 Å². The van der Waals surface area contributed by atoms with Crippen LogP contribution in [0.15, 0.2) is 29.2 Å². The number of likely N-dealkylation sites (tertiary alicyclic amines) is 1. The fourth-order valence-electron chi connectivity index (χ4n) is 3.99. The second kappa shape index (κ2) is 11.3. The Morgan fingerprint density at radius 1 is 1.05 bits per heavy atom. The first-order valence-corrected chi connectivity index (χ1v) is 13.3. The fourth-order valence-corrected chi connectivity index (χ4v) is 5.42. The first-order valence-electron chi connectivity index (χ1n) is 11.7. The van der Waals surface area contributed by atoms with E-state index in [1.165, 1.54) is 24.3 Å². The summed E-state index contributed by atoms with van der Waals surface area (Å²) in [6.07, 6.45) is -17.0. The lowest BCUT2D eigenvalue weighted by Crippen LogP contribution is -2.49. The van der Waals surface area contributed by atoms with E-state index in [4.69, 9.17) is 9.47 Å². The molecule has 1 amide bonds. The van der Waals surface area contributed by atoms with Gasteiger partial charge in [-0.05, 0) is 49.4 Å². The van der Waals surface area contributed by atoms with E-state index in [0.29, 0.717) is 13.2 Å². The van der Waals surface area contributed by atoms with Gasteiger partial charge in [0.25, 0.3) is 6.10 Å². The van der Waals surface area contributed by atoms with Crippen molar-refractivity contribution in [3.63, 3.8) is 0 Å². The van der Waals surface area contributed by atoms with Crippen molar-refractivity contribution in [2.75, 3.05) is 38.7 Å². The van der Waals surface area contributed by atoms with Crippen LogP contribution in [-0.2, 0) is 24.0 Å². The second-order valence-corrected chi connectivity index (χ2v) is 11.9. The summed E-state index contributed by atoms with van der Waals surface area (Å²) in [4.78, 5) is 24.8. The predicted octanol–water partition coefficient (Wildman–Crippen LogP) is 4.39. The molecular formula is C23H27F6NO7S. The number of carbonyl (C=O) groups excluding carboxylic acids is 2. The standard InChI is InChI=1S/C23H27F6NO7S/c1-21(12-35-13-21)14-36-18(31)16-2-4-17(5-3-16)38(33,34)11-8-15-6-9-30(10-7-15)20(32)37-19(22(24,25)26)23(27,28)29/h2-5,15,19H,6-14H2,1H3. The Balaban J connectivity index is 1.46. The number of esters is 1. The molecule has 15 heteroatoms. The molecule has 0 N–H and O–H groups in total. The van der Waals surface area contributed by atoms with Crippen molar-refractivity contribution >= 4 is 21.9 Å². The molecule has 0 saturated carbocycles. The van der Waals surface area contributed by atoms with E-state index in [1.54, 1.807) is 0 Å². The molecule has 2 aliphatic heterocycles. The molecule has 214 valence electrons. The van der Waals surface area contributed by atoms with Crippen LogP contribution in [0.1, 0.15) is 36.5 Å². The lowest BCUT2D eigenvalue weighted by Gasteiger charge is -2.37. The molecule has 3 rings (SSSR count).